The lowest BCUT2D eigenvalue weighted by Gasteiger charge is -2.12. The largest absolute Gasteiger partial charge is 0.283 e. The molecule has 1 aromatic rings. The summed E-state index contributed by atoms with van der Waals surface area (Å²) >= 11 is 0. The second kappa shape index (κ2) is 5.02. The summed E-state index contributed by atoms with van der Waals surface area (Å²) in [6.45, 7) is 0. The van der Waals surface area contributed by atoms with Crippen LogP contribution < -0.4 is 4.72 Å². The van der Waals surface area contributed by atoms with Crippen molar-refractivity contribution in [3.8, 4) is 0 Å². The van der Waals surface area contributed by atoms with Crippen molar-refractivity contribution >= 4 is 31.2 Å². The Labute approximate surface area is 115 Å². The van der Waals surface area contributed by atoms with Gasteiger partial charge in [0.1, 0.15) is 0 Å². The molecule has 0 spiro atoms. The zero-order valence-electron chi connectivity index (χ0n) is 10.2. The Bertz CT molecular complexity index is 741. The maximum Gasteiger partial charge on any atom is 0.271 e. The lowest BCUT2D eigenvalue weighted by atomic mass is 10.3. The number of benzene rings is 1. The summed E-state index contributed by atoms with van der Waals surface area (Å²) in [6.07, 6.45) is 0.0343. The number of sulfonamides is 1. The summed E-state index contributed by atoms with van der Waals surface area (Å²) in [6, 6.07) is 5.04. The molecule has 0 aliphatic carbocycles. The molecule has 0 amide bonds. The zero-order valence-corrected chi connectivity index (χ0v) is 11.9. The van der Waals surface area contributed by atoms with E-state index in [4.69, 9.17) is 0 Å². The third-order valence-electron chi connectivity index (χ3n) is 2.95. The Kier molecular flexibility index (Phi) is 3.69. The first-order valence-electron chi connectivity index (χ1n) is 5.66. The van der Waals surface area contributed by atoms with Gasteiger partial charge in [-0.05, 0) is 12.5 Å². The standard InChI is InChI=1S/C10H12N2O6S2/c13-12(14)9-3-1-2-8(6-9)11-20(17,18)10-4-5-19(15,16)7-10/h1-3,6,10-11H,4-5,7H2. The average molecular weight is 320 g/mol. The van der Waals surface area contributed by atoms with Crippen LogP contribution in [0.4, 0.5) is 11.4 Å². The van der Waals surface area contributed by atoms with Gasteiger partial charge in [0.2, 0.25) is 10.0 Å². The molecule has 110 valence electrons. The second-order valence-electron chi connectivity index (χ2n) is 4.48. The predicted octanol–water partition coefficient (Wildman–Crippen LogP) is 0.524. The van der Waals surface area contributed by atoms with Gasteiger partial charge in [-0.3, -0.25) is 14.8 Å². The number of nitro benzene ring substituents is 1. The third-order valence-corrected chi connectivity index (χ3v) is 6.73. The number of sulfone groups is 1. The normalized spacial score (nSPS) is 21.5. The van der Waals surface area contributed by atoms with Crippen LogP contribution in [-0.4, -0.2) is 38.5 Å². The number of rotatable bonds is 4. The van der Waals surface area contributed by atoms with E-state index in [0.717, 1.165) is 6.07 Å². The van der Waals surface area contributed by atoms with Crippen LogP contribution in [0.2, 0.25) is 0 Å². The van der Waals surface area contributed by atoms with E-state index in [1.54, 1.807) is 0 Å². The van der Waals surface area contributed by atoms with Gasteiger partial charge in [0.05, 0.1) is 27.4 Å². The van der Waals surface area contributed by atoms with Gasteiger partial charge in [-0.1, -0.05) is 6.07 Å². The van der Waals surface area contributed by atoms with E-state index in [2.05, 4.69) is 4.72 Å². The number of non-ortho nitro benzene ring substituents is 1. The highest BCUT2D eigenvalue weighted by atomic mass is 32.2. The molecule has 1 atom stereocenters. The van der Waals surface area contributed by atoms with Crippen molar-refractivity contribution in [3.05, 3.63) is 34.4 Å². The number of hydrogen-bond donors (Lipinski definition) is 1. The summed E-state index contributed by atoms with van der Waals surface area (Å²) in [5.41, 5.74) is -0.201. The first kappa shape index (κ1) is 14.7. The molecule has 1 heterocycles. The van der Waals surface area contributed by atoms with E-state index in [-0.39, 0.29) is 23.5 Å². The Morgan fingerprint density at radius 3 is 2.60 bits per heavy atom. The van der Waals surface area contributed by atoms with Gasteiger partial charge in [-0.15, -0.1) is 0 Å². The van der Waals surface area contributed by atoms with E-state index in [0.29, 0.717) is 0 Å². The maximum absolute atomic E-state index is 12.0. The van der Waals surface area contributed by atoms with Crippen LogP contribution in [0.3, 0.4) is 0 Å². The molecule has 0 aromatic heterocycles. The van der Waals surface area contributed by atoms with Crippen LogP contribution in [0, 0.1) is 10.1 Å². The molecule has 8 nitrogen and oxygen atoms in total. The SMILES string of the molecule is O=[N+]([O-])c1cccc(NS(=O)(=O)C2CCS(=O)(=O)C2)c1. The van der Waals surface area contributed by atoms with E-state index in [1.165, 1.54) is 18.2 Å². The van der Waals surface area contributed by atoms with Crippen LogP contribution in [0.1, 0.15) is 6.42 Å². The van der Waals surface area contributed by atoms with Gasteiger partial charge in [0.15, 0.2) is 9.84 Å². The second-order valence-corrected chi connectivity index (χ2v) is 8.67. The molecular formula is C10H12N2O6S2. The van der Waals surface area contributed by atoms with E-state index >= 15 is 0 Å². The molecule has 1 aliphatic rings. The summed E-state index contributed by atoms with van der Waals surface area (Å²) < 4.78 is 48.9. The van der Waals surface area contributed by atoms with Gasteiger partial charge >= 0.3 is 0 Å². The van der Waals surface area contributed by atoms with Crippen molar-refractivity contribution in [2.45, 2.75) is 11.7 Å². The fourth-order valence-electron chi connectivity index (χ4n) is 1.94. The Hall–Kier alpha value is -1.68. The molecule has 0 radical (unpaired) electrons. The molecule has 1 fully saturated rings. The van der Waals surface area contributed by atoms with Gasteiger partial charge in [0, 0.05) is 12.1 Å². The number of hydrogen-bond acceptors (Lipinski definition) is 6. The number of nitrogens with one attached hydrogen (secondary N) is 1. The van der Waals surface area contributed by atoms with Crippen molar-refractivity contribution in [2.75, 3.05) is 16.2 Å². The van der Waals surface area contributed by atoms with Gasteiger partial charge in [-0.25, -0.2) is 16.8 Å². The minimum Gasteiger partial charge on any atom is -0.283 e. The summed E-state index contributed by atoms with van der Waals surface area (Å²) in [7, 11) is -7.20. The highest BCUT2D eigenvalue weighted by molar-refractivity contribution is 7.97. The summed E-state index contributed by atoms with van der Waals surface area (Å²) in [5.74, 6) is -0.579. The van der Waals surface area contributed by atoms with Crippen LogP contribution in [0.5, 0.6) is 0 Å². The van der Waals surface area contributed by atoms with Crippen molar-refractivity contribution in [1.29, 1.82) is 0 Å². The zero-order chi connectivity index (χ0) is 15.0. The Morgan fingerprint density at radius 2 is 2.05 bits per heavy atom. The van der Waals surface area contributed by atoms with Crippen molar-refractivity contribution < 1.29 is 21.8 Å². The minimum absolute atomic E-state index is 0.0343. The molecular weight excluding hydrogens is 308 g/mol. The molecule has 0 saturated carbocycles. The molecule has 1 N–H and O–H groups in total. The lowest BCUT2D eigenvalue weighted by Crippen LogP contribution is -2.28. The fourth-order valence-corrected chi connectivity index (χ4v) is 6.02. The number of nitro groups is 1. The van der Waals surface area contributed by atoms with Gasteiger partial charge < -0.3 is 0 Å². The van der Waals surface area contributed by atoms with E-state index in [1.807, 2.05) is 0 Å². The topological polar surface area (TPSA) is 123 Å². The third kappa shape index (κ3) is 3.25. The van der Waals surface area contributed by atoms with Crippen molar-refractivity contribution in [1.82, 2.24) is 0 Å². The van der Waals surface area contributed by atoms with Crippen LogP contribution in [0.25, 0.3) is 0 Å². The van der Waals surface area contributed by atoms with E-state index in [9.17, 15) is 26.9 Å². The smallest absolute Gasteiger partial charge is 0.271 e. The number of nitrogens with zero attached hydrogens (tertiary/aromatic N) is 1. The monoisotopic (exact) mass is 320 g/mol. The summed E-state index contributed by atoms with van der Waals surface area (Å²) in [5, 5.41) is 9.59. The highest BCUT2D eigenvalue weighted by Crippen LogP contribution is 2.23. The highest BCUT2D eigenvalue weighted by Gasteiger charge is 2.37. The first-order valence-corrected chi connectivity index (χ1v) is 9.03. The lowest BCUT2D eigenvalue weighted by molar-refractivity contribution is -0.384. The predicted molar refractivity (Wildman–Crippen MR) is 72.7 cm³/mol. The first-order chi connectivity index (χ1) is 9.20. The molecule has 10 heteroatoms. The Morgan fingerprint density at radius 1 is 1.35 bits per heavy atom. The minimum atomic E-state index is -3.88. The Balaban J connectivity index is 2.21. The number of anilines is 1. The molecule has 1 aliphatic heterocycles. The molecule has 1 unspecified atom stereocenters. The van der Waals surface area contributed by atoms with Gasteiger partial charge in [-0.2, -0.15) is 0 Å². The molecule has 1 saturated heterocycles. The quantitative estimate of drug-likeness (QED) is 0.637. The molecule has 1 aromatic carbocycles. The average Bonchev–Trinajstić information content (AvgIpc) is 2.70. The van der Waals surface area contributed by atoms with E-state index < -0.39 is 35.8 Å². The van der Waals surface area contributed by atoms with Crippen LogP contribution in [-0.2, 0) is 19.9 Å². The molecule has 20 heavy (non-hydrogen) atoms. The van der Waals surface area contributed by atoms with Crippen LogP contribution in [0.15, 0.2) is 24.3 Å². The van der Waals surface area contributed by atoms with Gasteiger partial charge in [0.25, 0.3) is 5.69 Å². The van der Waals surface area contributed by atoms with Crippen molar-refractivity contribution in [3.63, 3.8) is 0 Å². The summed E-state index contributed by atoms with van der Waals surface area (Å²) in [4.78, 5) is 9.97. The maximum atomic E-state index is 12.0. The molecule has 0 bridgehead atoms. The molecule has 2 rings (SSSR count). The van der Waals surface area contributed by atoms with Crippen LogP contribution >= 0.6 is 0 Å². The van der Waals surface area contributed by atoms with Crippen molar-refractivity contribution in [2.24, 2.45) is 0 Å². The fraction of sp³-hybridized carbons (Fsp3) is 0.400.